The van der Waals surface area contributed by atoms with E-state index in [9.17, 15) is 14.7 Å². The Morgan fingerprint density at radius 1 is 1.11 bits per heavy atom. The minimum atomic E-state index is -0.390. The van der Waals surface area contributed by atoms with Gasteiger partial charge in [-0.2, -0.15) is 0 Å². The van der Waals surface area contributed by atoms with Gasteiger partial charge in [-0.25, -0.2) is 0 Å². The van der Waals surface area contributed by atoms with E-state index in [1.54, 1.807) is 18.2 Å². The highest BCUT2D eigenvalue weighted by atomic mass is 16.5. The Bertz CT molecular complexity index is 922. The van der Waals surface area contributed by atoms with Gasteiger partial charge in [0.15, 0.2) is 11.5 Å². The number of anilines is 1. The molecule has 28 heavy (non-hydrogen) atoms. The second-order valence-electron chi connectivity index (χ2n) is 7.81. The Labute approximate surface area is 163 Å². The Hall–Kier alpha value is -2.70. The fourth-order valence-electron chi connectivity index (χ4n) is 4.56. The van der Waals surface area contributed by atoms with Crippen LogP contribution in [-0.4, -0.2) is 27.9 Å². The first-order valence-electron chi connectivity index (χ1n) is 10.1. The van der Waals surface area contributed by atoms with Gasteiger partial charge in [0.25, 0.3) is 5.56 Å². The smallest absolute Gasteiger partial charge is 0.270 e. The molecular formula is C21H27N3O4. The molecule has 1 atom stereocenters. The number of benzene rings is 1. The lowest BCUT2D eigenvalue weighted by Crippen LogP contribution is -2.27. The molecule has 2 aliphatic rings. The molecule has 1 fully saturated rings. The highest BCUT2D eigenvalue weighted by Crippen LogP contribution is 2.40. The number of aromatic nitrogens is 2. The maximum absolute atomic E-state index is 12.9. The number of carbonyl (C=O) groups excluding carboxylic acids is 1. The van der Waals surface area contributed by atoms with Gasteiger partial charge in [-0.1, -0.05) is 38.2 Å². The number of amides is 1. The van der Waals surface area contributed by atoms with Crippen molar-refractivity contribution in [2.75, 3.05) is 12.4 Å². The van der Waals surface area contributed by atoms with E-state index in [1.165, 1.54) is 26.4 Å². The fourth-order valence-corrected chi connectivity index (χ4v) is 4.56. The van der Waals surface area contributed by atoms with Crippen LogP contribution in [0.25, 0.3) is 0 Å². The zero-order chi connectivity index (χ0) is 19.7. The number of fused-ring (bicyclic) bond motifs is 1. The van der Waals surface area contributed by atoms with Crippen LogP contribution in [0.4, 0.5) is 5.82 Å². The first kappa shape index (κ1) is 18.7. The van der Waals surface area contributed by atoms with Gasteiger partial charge in [0.05, 0.1) is 18.7 Å². The normalized spacial score (nSPS) is 20.8. The molecular weight excluding hydrogens is 358 g/mol. The van der Waals surface area contributed by atoms with Crippen LogP contribution in [0.3, 0.4) is 0 Å². The number of methoxy groups -OCH3 is 1. The standard InChI is InChI=1S/C21H27N3O4/c1-28-17-10-9-13(11-16(17)25)15-12-18(26)22-20-19(15)21(27)23-24(20)14-7-5-3-2-4-6-8-14/h9-11,14-15,25H,2-8,12H2,1H3,(H,22,26)(H,23,27)/t15-/m1/s1. The largest absolute Gasteiger partial charge is 0.504 e. The molecule has 1 aliphatic heterocycles. The van der Waals surface area contributed by atoms with Crippen molar-refractivity contribution in [3.63, 3.8) is 0 Å². The monoisotopic (exact) mass is 385 g/mol. The average Bonchev–Trinajstić information content (AvgIpc) is 2.97. The molecule has 4 rings (SSSR count). The van der Waals surface area contributed by atoms with Crippen LogP contribution in [-0.2, 0) is 4.79 Å². The molecule has 0 saturated heterocycles. The summed E-state index contributed by atoms with van der Waals surface area (Å²) < 4.78 is 6.99. The van der Waals surface area contributed by atoms with E-state index in [0.29, 0.717) is 17.1 Å². The summed E-state index contributed by atoms with van der Waals surface area (Å²) in [4.78, 5) is 25.3. The van der Waals surface area contributed by atoms with E-state index in [1.807, 2.05) is 4.68 Å². The van der Waals surface area contributed by atoms with Gasteiger partial charge in [0, 0.05) is 12.3 Å². The van der Waals surface area contributed by atoms with E-state index in [4.69, 9.17) is 4.74 Å². The molecule has 0 unspecified atom stereocenters. The molecule has 0 radical (unpaired) electrons. The van der Waals surface area contributed by atoms with Crippen molar-refractivity contribution in [2.24, 2.45) is 0 Å². The SMILES string of the molecule is COc1ccc([C@H]2CC(=O)Nc3c2c(=O)[nH]n3C2CCCCCCC2)cc1O. The molecule has 1 amide bonds. The number of hydrogen-bond acceptors (Lipinski definition) is 4. The van der Waals surface area contributed by atoms with E-state index in [-0.39, 0.29) is 35.6 Å². The molecule has 2 heterocycles. The lowest BCUT2D eigenvalue weighted by molar-refractivity contribution is -0.116. The van der Waals surface area contributed by atoms with Crippen LogP contribution >= 0.6 is 0 Å². The van der Waals surface area contributed by atoms with Crippen LogP contribution in [0.1, 0.15) is 74.5 Å². The molecule has 7 nitrogen and oxygen atoms in total. The first-order valence-corrected chi connectivity index (χ1v) is 10.1. The van der Waals surface area contributed by atoms with Crippen molar-refractivity contribution in [1.82, 2.24) is 9.78 Å². The summed E-state index contributed by atoms with van der Waals surface area (Å²) in [5.41, 5.74) is 1.14. The molecule has 3 N–H and O–H groups in total. The van der Waals surface area contributed by atoms with Crippen LogP contribution in [0.2, 0.25) is 0 Å². The number of nitrogens with zero attached hydrogens (tertiary/aromatic N) is 1. The predicted molar refractivity (Wildman–Crippen MR) is 106 cm³/mol. The maximum Gasteiger partial charge on any atom is 0.270 e. The molecule has 1 aliphatic carbocycles. The van der Waals surface area contributed by atoms with E-state index < -0.39 is 0 Å². The lowest BCUT2D eigenvalue weighted by atomic mass is 9.87. The molecule has 2 aromatic rings. The number of carbonyl (C=O) groups is 1. The van der Waals surface area contributed by atoms with Gasteiger partial charge in [0.2, 0.25) is 5.91 Å². The van der Waals surface area contributed by atoms with Crippen LogP contribution in [0.15, 0.2) is 23.0 Å². The summed E-state index contributed by atoms with van der Waals surface area (Å²) in [7, 11) is 1.49. The van der Waals surface area contributed by atoms with Crippen molar-refractivity contribution < 1.29 is 14.6 Å². The molecule has 7 heteroatoms. The zero-order valence-corrected chi connectivity index (χ0v) is 16.2. The minimum Gasteiger partial charge on any atom is -0.504 e. The van der Waals surface area contributed by atoms with Gasteiger partial charge in [0.1, 0.15) is 5.82 Å². The van der Waals surface area contributed by atoms with Crippen molar-refractivity contribution >= 4 is 11.7 Å². The van der Waals surface area contributed by atoms with Crippen molar-refractivity contribution in [1.29, 1.82) is 0 Å². The summed E-state index contributed by atoms with van der Waals surface area (Å²) in [6, 6.07) is 5.24. The summed E-state index contributed by atoms with van der Waals surface area (Å²) in [5.74, 6) is 0.450. The lowest BCUT2D eigenvalue weighted by Gasteiger charge is -2.27. The van der Waals surface area contributed by atoms with Gasteiger partial charge in [-0.3, -0.25) is 19.4 Å². The van der Waals surface area contributed by atoms with Gasteiger partial charge >= 0.3 is 0 Å². The van der Waals surface area contributed by atoms with Crippen LogP contribution in [0.5, 0.6) is 11.5 Å². The number of ether oxygens (including phenoxy) is 1. The third kappa shape index (κ3) is 3.41. The zero-order valence-electron chi connectivity index (χ0n) is 16.2. The number of nitrogens with one attached hydrogen (secondary N) is 2. The maximum atomic E-state index is 12.9. The van der Waals surface area contributed by atoms with Gasteiger partial charge in [-0.15, -0.1) is 0 Å². The highest BCUT2D eigenvalue weighted by Gasteiger charge is 2.34. The Kier molecular flexibility index (Phi) is 5.15. The van der Waals surface area contributed by atoms with E-state index >= 15 is 0 Å². The number of aromatic amines is 1. The molecule has 0 spiro atoms. The molecule has 0 bridgehead atoms. The molecule has 150 valence electrons. The summed E-state index contributed by atoms with van der Waals surface area (Å²) in [6.45, 7) is 0. The number of H-pyrrole nitrogens is 1. The van der Waals surface area contributed by atoms with Crippen LogP contribution in [0, 0.1) is 0 Å². The Morgan fingerprint density at radius 2 is 1.82 bits per heavy atom. The topological polar surface area (TPSA) is 96.4 Å². The van der Waals surface area contributed by atoms with Crippen molar-refractivity contribution in [2.45, 2.75) is 63.3 Å². The summed E-state index contributed by atoms with van der Waals surface area (Å²) in [6.07, 6.45) is 8.13. The van der Waals surface area contributed by atoms with Crippen molar-refractivity contribution in [3.8, 4) is 11.5 Å². The molecule has 1 aromatic heterocycles. The van der Waals surface area contributed by atoms with Gasteiger partial charge < -0.3 is 15.2 Å². The second-order valence-corrected chi connectivity index (χ2v) is 7.81. The van der Waals surface area contributed by atoms with Crippen molar-refractivity contribution in [3.05, 3.63) is 39.7 Å². The second kappa shape index (κ2) is 7.73. The number of phenolic OH excluding ortho intramolecular Hbond substituents is 1. The number of aromatic hydroxyl groups is 1. The van der Waals surface area contributed by atoms with Crippen LogP contribution < -0.4 is 15.6 Å². The minimum absolute atomic E-state index is 0.00316. The predicted octanol–water partition coefficient (Wildman–Crippen LogP) is 3.65. The van der Waals surface area contributed by atoms with Gasteiger partial charge in [-0.05, 0) is 30.5 Å². The third-order valence-corrected chi connectivity index (χ3v) is 6.00. The molecule has 1 saturated carbocycles. The fraction of sp³-hybridized carbons (Fsp3) is 0.524. The van der Waals surface area contributed by atoms with E-state index in [0.717, 1.165) is 31.2 Å². The number of rotatable bonds is 3. The first-order chi connectivity index (χ1) is 13.6. The number of phenols is 1. The third-order valence-electron chi connectivity index (χ3n) is 6.00. The quantitative estimate of drug-likeness (QED) is 0.751. The summed E-state index contributed by atoms with van der Waals surface area (Å²) in [5, 5.41) is 16.1. The Balaban J connectivity index is 1.74. The molecule has 1 aromatic carbocycles. The highest BCUT2D eigenvalue weighted by molar-refractivity contribution is 5.94. The van der Waals surface area contributed by atoms with E-state index in [2.05, 4.69) is 10.4 Å². The number of hydrogen-bond donors (Lipinski definition) is 3. The summed E-state index contributed by atoms with van der Waals surface area (Å²) >= 11 is 0. The average molecular weight is 385 g/mol. The Morgan fingerprint density at radius 3 is 2.50 bits per heavy atom.